The molecule has 2 heteroatoms. The molecule has 2 nitrogen and oxygen atoms in total. The highest BCUT2D eigenvalue weighted by Gasteiger charge is 2.03. The Morgan fingerprint density at radius 3 is 2.38 bits per heavy atom. The van der Waals surface area contributed by atoms with E-state index in [4.69, 9.17) is 0 Å². The van der Waals surface area contributed by atoms with Gasteiger partial charge in [0, 0.05) is 17.2 Å². The molecule has 0 aliphatic heterocycles. The summed E-state index contributed by atoms with van der Waals surface area (Å²) in [5, 5.41) is 11.3. The summed E-state index contributed by atoms with van der Waals surface area (Å²) in [6, 6.07) is 24.3. The number of hydrogen-bond donors (Lipinski definition) is 0. The molecule has 1 atom stereocenters. The minimum atomic E-state index is 0.0830. The highest BCUT2D eigenvalue weighted by molar-refractivity contribution is 6.02. The van der Waals surface area contributed by atoms with E-state index in [2.05, 4.69) is 42.3 Å². The lowest BCUT2D eigenvalue weighted by Crippen LogP contribution is -1.94. The van der Waals surface area contributed by atoms with Gasteiger partial charge >= 0.3 is 0 Å². The molecule has 116 valence electrons. The number of nitriles is 1. The Hall–Kier alpha value is -3.18. The third kappa shape index (κ3) is 3.59. The molecule has 0 N–H and O–H groups in total. The highest BCUT2D eigenvalue weighted by atomic mass is 14.7. The van der Waals surface area contributed by atoms with Crippen molar-refractivity contribution in [1.82, 2.24) is 0 Å². The van der Waals surface area contributed by atoms with Crippen LogP contribution in [0, 0.1) is 11.3 Å². The maximum absolute atomic E-state index is 9.23. The van der Waals surface area contributed by atoms with Gasteiger partial charge in [-0.15, -0.1) is 0 Å². The van der Waals surface area contributed by atoms with Gasteiger partial charge in [0.15, 0.2) is 0 Å². The van der Waals surface area contributed by atoms with Crippen LogP contribution in [-0.2, 0) is 0 Å². The van der Waals surface area contributed by atoms with E-state index in [1.54, 1.807) is 0 Å². The molecule has 0 bridgehead atoms. The summed E-state index contributed by atoms with van der Waals surface area (Å²) in [6.07, 6.45) is 6.06. The predicted octanol–water partition coefficient (Wildman–Crippen LogP) is 5.23. The first-order chi connectivity index (χ1) is 11.8. The van der Waals surface area contributed by atoms with Crippen molar-refractivity contribution in [3.05, 3.63) is 89.5 Å². The normalized spacial score (nSPS) is 12.7. The van der Waals surface area contributed by atoms with Gasteiger partial charge in [0.05, 0.1) is 17.7 Å². The predicted molar refractivity (Wildman–Crippen MR) is 101 cm³/mol. The number of rotatable bonds is 4. The Morgan fingerprint density at radius 1 is 0.917 bits per heavy atom. The van der Waals surface area contributed by atoms with Crippen LogP contribution in [-0.4, -0.2) is 12.3 Å². The number of aliphatic imine (C=N–C) groups is 1. The number of nitrogens with zero attached hydrogens (tertiary/aromatic N) is 2. The SMILES string of the molecule is CC(/C=C/c1ccccc1)N=Cc1ccc(C#N)c2ccccc12. The second-order valence-corrected chi connectivity index (χ2v) is 5.65. The van der Waals surface area contributed by atoms with Gasteiger partial charge in [0.2, 0.25) is 0 Å². The summed E-state index contributed by atoms with van der Waals surface area (Å²) in [6.45, 7) is 2.06. The third-order valence-electron chi connectivity index (χ3n) is 3.89. The van der Waals surface area contributed by atoms with E-state index in [1.165, 1.54) is 5.56 Å². The molecular formula is C22H18N2. The van der Waals surface area contributed by atoms with Gasteiger partial charge in [-0.05, 0) is 23.9 Å². The molecule has 0 saturated heterocycles. The number of fused-ring (bicyclic) bond motifs is 1. The minimum absolute atomic E-state index is 0.0830. The second-order valence-electron chi connectivity index (χ2n) is 5.65. The fourth-order valence-corrected chi connectivity index (χ4v) is 2.59. The van der Waals surface area contributed by atoms with Crippen molar-refractivity contribution in [3.63, 3.8) is 0 Å². The first kappa shape index (κ1) is 15.7. The topological polar surface area (TPSA) is 36.1 Å². The van der Waals surface area contributed by atoms with Gasteiger partial charge in [-0.25, -0.2) is 0 Å². The van der Waals surface area contributed by atoms with Crippen LogP contribution < -0.4 is 0 Å². The van der Waals surface area contributed by atoms with E-state index >= 15 is 0 Å². The minimum Gasteiger partial charge on any atom is -0.285 e. The van der Waals surface area contributed by atoms with Crippen LogP contribution in [0.15, 0.2) is 77.8 Å². The molecule has 0 aromatic heterocycles. The average Bonchev–Trinajstić information content (AvgIpc) is 2.65. The zero-order chi connectivity index (χ0) is 16.8. The van der Waals surface area contributed by atoms with Gasteiger partial charge in [-0.2, -0.15) is 5.26 Å². The van der Waals surface area contributed by atoms with Crippen LogP contribution in [0.1, 0.15) is 23.6 Å². The van der Waals surface area contributed by atoms with Crippen LogP contribution in [0.4, 0.5) is 0 Å². The Balaban J connectivity index is 1.83. The molecule has 1 unspecified atom stereocenters. The molecule has 0 spiro atoms. The van der Waals surface area contributed by atoms with Crippen molar-refractivity contribution in [2.45, 2.75) is 13.0 Å². The zero-order valence-electron chi connectivity index (χ0n) is 13.6. The van der Waals surface area contributed by atoms with Crippen LogP contribution in [0.5, 0.6) is 0 Å². The molecule has 0 fully saturated rings. The van der Waals surface area contributed by atoms with Crippen LogP contribution in [0.25, 0.3) is 16.8 Å². The lowest BCUT2D eigenvalue weighted by Gasteiger charge is -2.05. The maximum atomic E-state index is 9.23. The van der Waals surface area contributed by atoms with Crippen LogP contribution >= 0.6 is 0 Å². The summed E-state index contributed by atoms with van der Waals surface area (Å²) in [4.78, 5) is 4.62. The van der Waals surface area contributed by atoms with Gasteiger partial charge in [-0.3, -0.25) is 4.99 Å². The van der Waals surface area contributed by atoms with Crippen molar-refractivity contribution in [2.75, 3.05) is 0 Å². The van der Waals surface area contributed by atoms with E-state index in [0.717, 1.165) is 16.3 Å². The monoisotopic (exact) mass is 310 g/mol. The smallest absolute Gasteiger partial charge is 0.0998 e. The molecule has 0 radical (unpaired) electrons. The highest BCUT2D eigenvalue weighted by Crippen LogP contribution is 2.21. The summed E-state index contributed by atoms with van der Waals surface area (Å²) < 4.78 is 0. The van der Waals surface area contributed by atoms with E-state index in [9.17, 15) is 5.26 Å². The van der Waals surface area contributed by atoms with Crippen LogP contribution in [0.3, 0.4) is 0 Å². The Kier molecular flexibility index (Phi) is 4.84. The average molecular weight is 310 g/mol. The molecule has 3 aromatic rings. The van der Waals surface area contributed by atoms with Crippen LogP contribution in [0.2, 0.25) is 0 Å². The summed E-state index contributed by atoms with van der Waals surface area (Å²) in [5.41, 5.74) is 2.90. The number of hydrogen-bond acceptors (Lipinski definition) is 2. The molecule has 0 aliphatic rings. The van der Waals surface area contributed by atoms with Gasteiger partial charge in [0.1, 0.15) is 0 Å². The maximum Gasteiger partial charge on any atom is 0.0998 e. The van der Waals surface area contributed by atoms with Crippen molar-refractivity contribution in [3.8, 4) is 6.07 Å². The first-order valence-corrected chi connectivity index (χ1v) is 7.96. The first-order valence-electron chi connectivity index (χ1n) is 7.96. The molecular weight excluding hydrogens is 292 g/mol. The lowest BCUT2D eigenvalue weighted by molar-refractivity contribution is 0.937. The fourth-order valence-electron chi connectivity index (χ4n) is 2.59. The van der Waals surface area contributed by atoms with E-state index in [0.29, 0.717) is 5.56 Å². The molecule has 0 heterocycles. The molecule has 0 aliphatic carbocycles. The molecule has 3 rings (SSSR count). The van der Waals surface area contributed by atoms with E-state index in [-0.39, 0.29) is 6.04 Å². The van der Waals surface area contributed by atoms with E-state index in [1.807, 2.05) is 60.8 Å². The van der Waals surface area contributed by atoms with Crippen molar-refractivity contribution in [1.29, 1.82) is 5.26 Å². The van der Waals surface area contributed by atoms with Crippen molar-refractivity contribution >= 4 is 23.1 Å². The summed E-state index contributed by atoms with van der Waals surface area (Å²) in [7, 11) is 0. The summed E-state index contributed by atoms with van der Waals surface area (Å²) in [5.74, 6) is 0. The van der Waals surface area contributed by atoms with E-state index < -0.39 is 0 Å². The molecule has 3 aromatic carbocycles. The largest absolute Gasteiger partial charge is 0.285 e. The lowest BCUT2D eigenvalue weighted by atomic mass is 10.0. The molecule has 0 amide bonds. The quantitative estimate of drug-likeness (QED) is 0.608. The van der Waals surface area contributed by atoms with Gasteiger partial charge in [-0.1, -0.05) is 72.8 Å². The zero-order valence-corrected chi connectivity index (χ0v) is 13.6. The standard InChI is InChI=1S/C22H18N2/c1-17(11-12-18-7-3-2-4-8-18)24-16-20-14-13-19(15-23)21-9-5-6-10-22(20)21/h2-14,16-17H,1H3/b12-11+,24-16?. The third-order valence-corrected chi connectivity index (χ3v) is 3.89. The fraction of sp³-hybridized carbons (Fsp3) is 0.0909. The van der Waals surface area contributed by atoms with Crippen molar-refractivity contribution in [2.24, 2.45) is 4.99 Å². The second kappa shape index (κ2) is 7.39. The summed E-state index contributed by atoms with van der Waals surface area (Å²) >= 11 is 0. The van der Waals surface area contributed by atoms with Gasteiger partial charge in [0.25, 0.3) is 0 Å². The number of benzene rings is 3. The molecule has 24 heavy (non-hydrogen) atoms. The van der Waals surface area contributed by atoms with Gasteiger partial charge < -0.3 is 0 Å². The Bertz CT molecular complexity index is 931. The van der Waals surface area contributed by atoms with Crippen molar-refractivity contribution < 1.29 is 0 Å². The Labute approximate surface area is 142 Å². The molecule has 0 saturated carbocycles. The Morgan fingerprint density at radius 2 is 1.62 bits per heavy atom.